The lowest BCUT2D eigenvalue weighted by Gasteiger charge is -2.47. The van der Waals surface area contributed by atoms with Crippen molar-refractivity contribution in [2.24, 2.45) is 0 Å². The number of allylic oxidation sites excluding steroid dienone is 2. The minimum Gasteiger partial charge on any atom is -0.386 e. The Hall–Kier alpha value is -1.31. The maximum absolute atomic E-state index is 14.1. The Morgan fingerprint density at radius 2 is 2.00 bits per heavy atom. The molecule has 7 heteroatoms. The van der Waals surface area contributed by atoms with Crippen LogP contribution in [0.4, 0.5) is 13.2 Å². The number of nitrogens with zero attached hydrogens (tertiary/aromatic N) is 2. The molecular formula is C17H23F3N2O2. The SMILES string of the molecule is C[C@H](C1=CC(F)CC(F)=C1F)N1CCN2C[C@](C)(O)C(O)C=C2C1. The van der Waals surface area contributed by atoms with Gasteiger partial charge in [0.2, 0.25) is 0 Å². The van der Waals surface area contributed by atoms with Gasteiger partial charge in [-0.2, -0.15) is 0 Å². The first-order chi connectivity index (χ1) is 11.2. The first-order valence-corrected chi connectivity index (χ1v) is 8.19. The number of aliphatic hydroxyl groups excluding tert-OH is 1. The third-order valence-corrected chi connectivity index (χ3v) is 5.15. The number of fused-ring (bicyclic) bond motifs is 1. The van der Waals surface area contributed by atoms with Crippen molar-refractivity contribution in [2.75, 3.05) is 26.2 Å². The van der Waals surface area contributed by atoms with Gasteiger partial charge in [-0.1, -0.05) is 0 Å². The second-order valence-electron chi connectivity index (χ2n) is 7.09. The van der Waals surface area contributed by atoms with Gasteiger partial charge in [-0.05, 0) is 26.0 Å². The zero-order chi connectivity index (χ0) is 17.6. The summed E-state index contributed by atoms with van der Waals surface area (Å²) in [6.07, 6.45) is -0.263. The highest BCUT2D eigenvalue weighted by atomic mass is 19.2. The van der Waals surface area contributed by atoms with E-state index >= 15 is 0 Å². The quantitative estimate of drug-likeness (QED) is 0.802. The van der Waals surface area contributed by atoms with Gasteiger partial charge >= 0.3 is 0 Å². The van der Waals surface area contributed by atoms with Crippen molar-refractivity contribution in [1.29, 1.82) is 0 Å². The summed E-state index contributed by atoms with van der Waals surface area (Å²) in [5.74, 6) is -1.99. The molecule has 0 aromatic rings. The predicted molar refractivity (Wildman–Crippen MR) is 84.2 cm³/mol. The van der Waals surface area contributed by atoms with Crippen molar-refractivity contribution >= 4 is 0 Å². The zero-order valence-corrected chi connectivity index (χ0v) is 13.8. The van der Waals surface area contributed by atoms with Crippen LogP contribution in [0.1, 0.15) is 20.3 Å². The van der Waals surface area contributed by atoms with Gasteiger partial charge in [0.1, 0.15) is 23.7 Å². The number of hydrogen-bond acceptors (Lipinski definition) is 4. The lowest BCUT2D eigenvalue weighted by Crippen LogP contribution is -2.58. The predicted octanol–water partition coefficient (Wildman–Crippen LogP) is 1.82. The molecule has 0 spiro atoms. The summed E-state index contributed by atoms with van der Waals surface area (Å²) < 4.78 is 41.2. The molecule has 3 aliphatic rings. The van der Waals surface area contributed by atoms with E-state index in [1.54, 1.807) is 19.9 Å². The molecule has 24 heavy (non-hydrogen) atoms. The molecule has 4 atom stereocenters. The lowest BCUT2D eigenvalue weighted by atomic mass is 9.91. The summed E-state index contributed by atoms with van der Waals surface area (Å²) >= 11 is 0. The second kappa shape index (κ2) is 6.20. The number of piperazine rings is 1. The standard InChI is InChI=1S/C17H23F3N2O2/c1-10(13-5-11(18)6-14(19)16(13)20)21-3-4-22-9-17(2,24)15(23)7-12(22)8-21/h5,7,10-11,15,23-24H,3-4,6,8-9H2,1-2H3/t10-,11?,15?,17+/m1/s1. The van der Waals surface area contributed by atoms with Crippen molar-refractivity contribution in [3.63, 3.8) is 0 Å². The molecule has 2 N–H and O–H groups in total. The first-order valence-electron chi connectivity index (χ1n) is 8.19. The van der Waals surface area contributed by atoms with Crippen molar-refractivity contribution in [1.82, 2.24) is 9.80 Å². The molecule has 2 heterocycles. The summed E-state index contributed by atoms with van der Waals surface area (Å²) in [5.41, 5.74) is -0.323. The van der Waals surface area contributed by atoms with Crippen molar-refractivity contribution in [2.45, 2.75) is 44.2 Å². The molecule has 4 nitrogen and oxygen atoms in total. The largest absolute Gasteiger partial charge is 0.386 e. The Morgan fingerprint density at radius 1 is 1.29 bits per heavy atom. The molecule has 134 valence electrons. The smallest absolute Gasteiger partial charge is 0.159 e. The molecule has 0 saturated carbocycles. The van der Waals surface area contributed by atoms with E-state index in [0.717, 1.165) is 11.8 Å². The van der Waals surface area contributed by atoms with Crippen molar-refractivity contribution in [3.8, 4) is 0 Å². The fourth-order valence-corrected chi connectivity index (χ4v) is 3.55. The van der Waals surface area contributed by atoms with Gasteiger partial charge in [-0.15, -0.1) is 0 Å². The monoisotopic (exact) mass is 344 g/mol. The Morgan fingerprint density at radius 3 is 2.71 bits per heavy atom. The maximum atomic E-state index is 14.1. The third-order valence-electron chi connectivity index (χ3n) is 5.15. The fourth-order valence-electron chi connectivity index (χ4n) is 3.55. The van der Waals surface area contributed by atoms with Crippen LogP contribution in [0.2, 0.25) is 0 Å². The molecule has 0 radical (unpaired) electrons. The average molecular weight is 344 g/mol. The molecule has 0 bridgehead atoms. The van der Waals surface area contributed by atoms with Gasteiger partial charge < -0.3 is 15.1 Å². The normalized spacial score (nSPS) is 36.2. The highest BCUT2D eigenvalue weighted by molar-refractivity contribution is 5.37. The Balaban J connectivity index is 1.78. The number of hydrogen-bond donors (Lipinski definition) is 2. The average Bonchev–Trinajstić information content (AvgIpc) is 2.50. The van der Waals surface area contributed by atoms with Crippen LogP contribution in [0.5, 0.6) is 0 Å². The highest BCUT2D eigenvalue weighted by Gasteiger charge is 2.39. The van der Waals surface area contributed by atoms with E-state index in [-0.39, 0.29) is 5.57 Å². The Bertz CT molecular complexity index is 615. The van der Waals surface area contributed by atoms with Crippen LogP contribution >= 0.6 is 0 Å². The highest BCUT2D eigenvalue weighted by Crippen LogP contribution is 2.34. The van der Waals surface area contributed by atoms with Gasteiger partial charge in [0.05, 0.1) is 0 Å². The van der Waals surface area contributed by atoms with Gasteiger partial charge in [0, 0.05) is 49.9 Å². The molecule has 1 fully saturated rings. The zero-order valence-electron chi connectivity index (χ0n) is 13.8. The molecule has 1 aliphatic carbocycles. The van der Waals surface area contributed by atoms with Crippen LogP contribution in [0.3, 0.4) is 0 Å². The fraction of sp³-hybridized carbons (Fsp3) is 0.647. The first kappa shape index (κ1) is 17.5. The van der Waals surface area contributed by atoms with E-state index in [1.165, 1.54) is 0 Å². The minimum absolute atomic E-state index is 0.0451. The van der Waals surface area contributed by atoms with Gasteiger partial charge in [0.15, 0.2) is 5.83 Å². The Labute approximate surface area is 139 Å². The number of halogens is 3. The summed E-state index contributed by atoms with van der Waals surface area (Å²) in [6.45, 7) is 5.23. The van der Waals surface area contributed by atoms with Crippen LogP contribution in [-0.2, 0) is 0 Å². The van der Waals surface area contributed by atoms with Gasteiger partial charge in [-0.25, -0.2) is 13.2 Å². The van der Waals surface area contributed by atoms with E-state index in [0.29, 0.717) is 26.2 Å². The van der Waals surface area contributed by atoms with Crippen LogP contribution < -0.4 is 0 Å². The summed E-state index contributed by atoms with van der Waals surface area (Å²) in [4.78, 5) is 3.90. The third kappa shape index (κ3) is 3.12. The minimum atomic E-state index is -1.51. The van der Waals surface area contributed by atoms with Crippen LogP contribution in [-0.4, -0.2) is 70.1 Å². The number of alkyl halides is 1. The number of rotatable bonds is 2. The molecular weight excluding hydrogens is 321 g/mol. The second-order valence-corrected chi connectivity index (χ2v) is 7.09. The van der Waals surface area contributed by atoms with E-state index in [1.807, 2.05) is 9.80 Å². The number of aliphatic hydroxyl groups is 2. The summed E-state index contributed by atoms with van der Waals surface area (Å²) in [6, 6.07) is -0.475. The summed E-state index contributed by atoms with van der Waals surface area (Å²) in [5, 5.41) is 20.2. The molecule has 0 amide bonds. The molecule has 1 saturated heterocycles. The van der Waals surface area contributed by atoms with Crippen molar-refractivity contribution < 1.29 is 23.4 Å². The van der Waals surface area contributed by atoms with Crippen LogP contribution in [0, 0.1) is 0 Å². The van der Waals surface area contributed by atoms with Crippen molar-refractivity contribution in [3.05, 3.63) is 35.1 Å². The Kier molecular flexibility index (Phi) is 4.53. The topological polar surface area (TPSA) is 46.9 Å². The molecule has 3 rings (SSSR count). The molecule has 2 aliphatic heterocycles. The molecule has 0 aromatic carbocycles. The van der Waals surface area contributed by atoms with Gasteiger partial charge in [0.25, 0.3) is 0 Å². The van der Waals surface area contributed by atoms with Gasteiger partial charge in [-0.3, -0.25) is 4.90 Å². The van der Waals surface area contributed by atoms with E-state index in [9.17, 15) is 23.4 Å². The van der Waals surface area contributed by atoms with E-state index in [2.05, 4.69) is 0 Å². The van der Waals surface area contributed by atoms with E-state index < -0.39 is 42.0 Å². The maximum Gasteiger partial charge on any atom is 0.159 e. The molecule has 2 unspecified atom stereocenters. The van der Waals surface area contributed by atoms with E-state index in [4.69, 9.17) is 0 Å². The molecule has 0 aromatic heterocycles. The van der Waals surface area contributed by atoms with Crippen LogP contribution in [0.25, 0.3) is 0 Å². The summed E-state index contributed by atoms with van der Waals surface area (Å²) in [7, 11) is 0. The lowest BCUT2D eigenvalue weighted by molar-refractivity contribution is -0.0715. The van der Waals surface area contributed by atoms with Crippen LogP contribution in [0.15, 0.2) is 35.1 Å².